The van der Waals surface area contributed by atoms with E-state index in [1.807, 2.05) is 13.0 Å². The van der Waals surface area contributed by atoms with E-state index in [0.717, 1.165) is 5.39 Å². The van der Waals surface area contributed by atoms with Gasteiger partial charge in [-0.1, -0.05) is 0 Å². The number of aromatic nitrogens is 2. The predicted octanol–water partition coefficient (Wildman–Crippen LogP) is 4.10. The molecular weight excluding hydrogens is 430 g/mol. The summed E-state index contributed by atoms with van der Waals surface area (Å²) in [5.41, 5.74) is 7.51. The van der Waals surface area contributed by atoms with Gasteiger partial charge in [0.2, 0.25) is 11.5 Å². The zero-order valence-corrected chi connectivity index (χ0v) is 18.7. The zero-order chi connectivity index (χ0) is 23.7. The van der Waals surface area contributed by atoms with Gasteiger partial charge in [0.1, 0.15) is 28.5 Å². The monoisotopic (exact) mass is 453 g/mol. The Balaban J connectivity index is 1.57. The minimum Gasteiger partial charge on any atom is -0.494 e. The van der Waals surface area contributed by atoms with E-state index >= 15 is 0 Å². The van der Waals surface area contributed by atoms with Crippen LogP contribution in [0.1, 0.15) is 51.9 Å². The average molecular weight is 453 g/mol. The van der Waals surface area contributed by atoms with Crippen molar-refractivity contribution in [1.29, 1.82) is 0 Å². The van der Waals surface area contributed by atoms with Gasteiger partial charge in [0.05, 0.1) is 18.6 Å². The molecule has 3 heterocycles. The van der Waals surface area contributed by atoms with E-state index in [0.29, 0.717) is 29.3 Å². The highest BCUT2D eigenvalue weighted by Gasteiger charge is 2.25. The summed E-state index contributed by atoms with van der Waals surface area (Å²) in [5, 5.41) is 1.02. The van der Waals surface area contributed by atoms with Gasteiger partial charge in [0.15, 0.2) is 12.4 Å². The van der Waals surface area contributed by atoms with Crippen LogP contribution in [0.25, 0.3) is 22.1 Å². The highest BCUT2D eigenvalue weighted by Crippen LogP contribution is 2.31. The number of rotatable bonds is 7. The first kappa shape index (κ1) is 22.1. The Bertz CT molecular complexity index is 1370. The number of ether oxygens (including phenoxy) is 3. The summed E-state index contributed by atoms with van der Waals surface area (Å²) in [6.07, 6.45) is 0. The normalized spacial score (nSPS) is 11.2. The van der Waals surface area contributed by atoms with Crippen molar-refractivity contribution in [2.75, 3.05) is 18.9 Å². The molecule has 0 saturated carbocycles. The molecule has 10 nitrogen and oxygen atoms in total. The summed E-state index contributed by atoms with van der Waals surface area (Å²) >= 11 is 0. The van der Waals surface area contributed by atoms with Gasteiger partial charge in [-0.05, 0) is 45.9 Å². The molecule has 1 aromatic carbocycles. The fourth-order valence-corrected chi connectivity index (χ4v) is 3.54. The quantitative estimate of drug-likeness (QED) is 0.407. The molecule has 2 N–H and O–H groups in total. The maximum absolute atomic E-state index is 12.7. The van der Waals surface area contributed by atoms with E-state index < -0.39 is 11.9 Å². The van der Waals surface area contributed by atoms with E-state index in [1.165, 1.54) is 0 Å². The zero-order valence-electron chi connectivity index (χ0n) is 18.7. The van der Waals surface area contributed by atoms with E-state index in [1.54, 1.807) is 32.9 Å². The largest absolute Gasteiger partial charge is 0.494 e. The number of hydrogen-bond acceptors (Lipinski definition) is 10. The van der Waals surface area contributed by atoms with Crippen LogP contribution in [0.3, 0.4) is 0 Å². The maximum Gasteiger partial charge on any atom is 0.375 e. The van der Waals surface area contributed by atoms with Crippen molar-refractivity contribution in [3.8, 4) is 5.75 Å². The minimum absolute atomic E-state index is 0.0225. The molecule has 0 fully saturated rings. The van der Waals surface area contributed by atoms with Gasteiger partial charge in [0.25, 0.3) is 0 Å². The lowest BCUT2D eigenvalue weighted by Gasteiger charge is -2.05. The number of anilines is 1. The third-order valence-electron chi connectivity index (χ3n) is 5.02. The van der Waals surface area contributed by atoms with Crippen molar-refractivity contribution in [2.24, 2.45) is 0 Å². The van der Waals surface area contributed by atoms with Crippen molar-refractivity contribution in [3.63, 3.8) is 0 Å². The van der Waals surface area contributed by atoms with Gasteiger partial charge in [-0.15, -0.1) is 0 Å². The molecule has 4 aromatic rings. The Morgan fingerprint density at radius 3 is 2.55 bits per heavy atom. The van der Waals surface area contributed by atoms with Crippen LogP contribution in [0, 0.1) is 13.8 Å². The number of nitrogen functional groups attached to an aromatic ring is 1. The first-order valence-electron chi connectivity index (χ1n) is 10.4. The van der Waals surface area contributed by atoms with E-state index in [9.17, 15) is 9.59 Å². The number of carbonyl (C=O) groups is 2. The molecule has 0 amide bonds. The number of aryl methyl sites for hydroxylation is 2. The van der Waals surface area contributed by atoms with Crippen LogP contribution in [0.5, 0.6) is 5.75 Å². The molecule has 3 aromatic heterocycles. The van der Waals surface area contributed by atoms with Gasteiger partial charge in [-0.3, -0.25) is 0 Å². The van der Waals surface area contributed by atoms with Crippen molar-refractivity contribution in [2.45, 2.75) is 34.3 Å². The van der Waals surface area contributed by atoms with Gasteiger partial charge in [-0.25, -0.2) is 14.6 Å². The van der Waals surface area contributed by atoms with Crippen LogP contribution in [-0.4, -0.2) is 35.1 Å². The molecule has 0 aliphatic carbocycles. The SMILES string of the molecule is CCOC(=O)c1c(C)oc2nc(COC(=O)c3oc4ccc(OCC)cc4c3C)nc(N)c12. The molecular formula is C23H23N3O7. The Morgan fingerprint density at radius 2 is 1.82 bits per heavy atom. The summed E-state index contributed by atoms with van der Waals surface area (Å²) in [6.45, 7) is 7.42. The Morgan fingerprint density at radius 1 is 1.03 bits per heavy atom. The van der Waals surface area contributed by atoms with Gasteiger partial charge in [-0.2, -0.15) is 4.98 Å². The van der Waals surface area contributed by atoms with E-state index in [-0.39, 0.29) is 47.3 Å². The number of fused-ring (bicyclic) bond motifs is 2. The molecule has 0 bridgehead atoms. The summed E-state index contributed by atoms with van der Waals surface area (Å²) in [5.74, 6) is -0.0435. The number of esters is 2. The number of carbonyl (C=O) groups excluding carboxylic acids is 2. The van der Waals surface area contributed by atoms with Crippen LogP contribution in [0.15, 0.2) is 27.0 Å². The number of benzene rings is 1. The van der Waals surface area contributed by atoms with Crippen molar-refractivity contribution < 1.29 is 32.6 Å². The fraction of sp³-hybridized carbons (Fsp3) is 0.304. The lowest BCUT2D eigenvalue weighted by atomic mass is 10.1. The van der Waals surface area contributed by atoms with Gasteiger partial charge < -0.3 is 28.8 Å². The maximum atomic E-state index is 12.7. The molecule has 0 saturated heterocycles. The summed E-state index contributed by atoms with van der Waals surface area (Å²) in [6, 6.07) is 5.32. The summed E-state index contributed by atoms with van der Waals surface area (Å²) < 4.78 is 27.1. The molecule has 0 atom stereocenters. The Kier molecular flexibility index (Phi) is 5.91. The second-order valence-electron chi connectivity index (χ2n) is 7.18. The lowest BCUT2D eigenvalue weighted by molar-refractivity contribution is 0.0426. The summed E-state index contributed by atoms with van der Waals surface area (Å²) in [7, 11) is 0. The number of nitrogens with zero attached hydrogens (tertiary/aromatic N) is 2. The van der Waals surface area contributed by atoms with Crippen molar-refractivity contribution in [1.82, 2.24) is 9.97 Å². The average Bonchev–Trinajstić information content (AvgIpc) is 3.29. The van der Waals surface area contributed by atoms with E-state index in [4.69, 9.17) is 28.8 Å². The third kappa shape index (κ3) is 4.07. The standard InChI is InChI=1S/C23H23N3O7/c1-5-29-13-7-8-15-14(9-13)11(3)19(33-15)23(28)31-10-16-25-20(24)18-17(22(27)30-6-2)12(4)32-21(18)26-16/h7-9H,5-6,10H2,1-4H3,(H2,24,25,26). The molecule has 0 spiro atoms. The molecule has 33 heavy (non-hydrogen) atoms. The first-order chi connectivity index (χ1) is 15.8. The Labute approximate surface area is 188 Å². The van der Waals surface area contributed by atoms with Crippen LogP contribution >= 0.6 is 0 Å². The number of nitrogens with two attached hydrogens (primary N) is 1. The van der Waals surface area contributed by atoms with Crippen molar-refractivity contribution >= 4 is 39.8 Å². The van der Waals surface area contributed by atoms with Crippen LogP contribution < -0.4 is 10.5 Å². The molecule has 0 unspecified atom stereocenters. The van der Waals surface area contributed by atoms with Crippen LogP contribution in [-0.2, 0) is 16.1 Å². The topological polar surface area (TPSA) is 140 Å². The van der Waals surface area contributed by atoms with Gasteiger partial charge >= 0.3 is 11.9 Å². The second kappa shape index (κ2) is 8.81. The predicted molar refractivity (Wildman–Crippen MR) is 118 cm³/mol. The first-order valence-corrected chi connectivity index (χ1v) is 10.4. The highest BCUT2D eigenvalue weighted by molar-refractivity contribution is 6.07. The smallest absolute Gasteiger partial charge is 0.375 e. The molecule has 172 valence electrons. The molecule has 10 heteroatoms. The summed E-state index contributed by atoms with van der Waals surface area (Å²) in [4.78, 5) is 33.3. The van der Waals surface area contributed by atoms with Gasteiger partial charge in [0, 0.05) is 10.9 Å². The lowest BCUT2D eigenvalue weighted by Crippen LogP contribution is -2.10. The molecule has 4 rings (SSSR count). The van der Waals surface area contributed by atoms with Crippen LogP contribution in [0.2, 0.25) is 0 Å². The highest BCUT2D eigenvalue weighted by atomic mass is 16.5. The van der Waals surface area contributed by atoms with Crippen LogP contribution in [0.4, 0.5) is 5.82 Å². The number of hydrogen-bond donors (Lipinski definition) is 1. The molecule has 0 radical (unpaired) electrons. The van der Waals surface area contributed by atoms with E-state index in [2.05, 4.69) is 9.97 Å². The Hall–Kier alpha value is -4.08. The van der Waals surface area contributed by atoms with Crippen molar-refractivity contribution in [3.05, 3.63) is 46.7 Å². The minimum atomic E-state index is -0.674. The third-order valence-corrected chi connectivity index (χ3v) is 5.02. The number of furan rings is 2. The second-order valence-corrected chi connectivity index (χ2v) is 7.18. The molecule has 0 aliphatic rings. The fourth-order valence-electron chi connectivity index (χ4n) is 3.54. The molecule has 0 aliphatic heterocycles.